The number of rotatable bonds is 8. The lowest BCUT2D eigenvalue weighted by Crippen LogP contribution is -2.26. The lowest BCUT2D eigenvalue weighted by atomic mass is 10.0. The van der Waals surface area contributed by atoms with E-state index in [1.54, 1.807) is 0 Å². The molecule has 5 nitrogen and oxygen atoms in total. The van der Waals surface area contributed by atoms with Gasteiger partial charge < -0.3 is 10.2 Å². The van der Waals surface area contributed by atoms with Crippen molar-refractivity contribution >= 4 is 23.5 Å². The minimum absolute atomic E-state index is 0.237. The third-order valence-corrected chi connectivity index (χ3v) is 3.36. The molecule has 1 aromatic heterocycles. The summed E-state index contributed by atoms with van der Waals surface area (Å²) in [5, 5.41) is 3.54. The van der Waals surface area contributed by atoms with Gasteiger partial charge in [0.1, 0.15) is 0 Å². The van der Waals surface area contributed by atoms with E-state index in [1.807, 2.05) is 0 Å². The Labute approximate surface area is 127 Å². The van der Waals surface area contributed by atoms with E-state index >= 15 is 0 Å². The minimum atomic E-state index is 0.237. The quantitative estimate of drug-likeness (QED) is 0.795. The molecule has 20 heavy (non-hydrogen) atoms. The van der Waals surface area contributed by atoms with Gasteiger partial charge in [-0.1, -0.05) is 13.8 Å². The predicted molar refractivity (Wildman–Crippen MR) is 85.6 cm³/mol. The monoisotopic (exact) mass is 299 g/mol. The molecule has 0 aliphatic carbocycles. The average molecular weight is 300 g/mol. The summed E-state index contributed by atoms with van der Waals surface area (Å²) >= 11 is 5.99. The van der Waals surface area contributed by atoms with Crippen molar-refractivity contribution in [3.8, 4) is 0 Å². The number of halogens is 1. The molecule has 0 saturated carbocycles. The van der Waals surface area contributed by atoms with E-state index in [9.17, 15) is 0 Å². The summed E-state index contributed by atoms with van der Waals surface area (Å²) in [7, 11) is 0. The van der Waals surface area contributed by atoms with Crippen molar-refractivity contribution in [2.75, 3.05) is 23.3 Å². The van der Waals surface area contributed by atoms with Gasteiger partial charge >= 0.3 is 0 Å². The molecule has 114 valence electrons. The van der Waals surface area contributed by atoms with E-state index in [1.165, 1.54) is 6.42 Å². The van der Waals surface area contributed by atoms with Crippen LogP contribution in [0.2, 0.25) is 5.28 Å². The van der Waals surface area contributed by atoms with Crippen LogP contribution in [0.4, 0.5) is 11.9 Å². The molecule has 1 heterocycles. The number of nitrogens with zero attached hydrogens (tertiary/aromatic N) is 4. The molecule has 1 aromatic rings. The zero-order valence-electron chi connectivity index (χ0n) is 13.1. The number of nitrogens with one attached hydrogen (secondary N) is 1. The number of hydrogen-bond donors (Lipinski definition) is 1. The maximum Gasteiger partial charge on any atom is 0.231 e. The smallest absolute Gasteiger partial charge is 0.231 e. The second-order valence-electron chi connectivity index (χ2n) is 5.42. The van der Waals surface area contributed by atoms with E-state index in [4.69, 9.17) is 11.6 Å². The lowest BCUT2D eigenvalue weighted by molar-refractivity contribution is 0.526. The minimum Gasteiger partial charge on any atom is -0.352 e. The summed E-state index contributed by atoms with van der Waals surface area (Å²) in [5.41, 5.74) is 0. The average Bonchev–Trinajstić information content (AvgIpc) is 2.37. The van der Waals surface area contributed by atoms with Crippen LogP contribution in [-0.2, 0) is 0 Å². The van der Waals surface area contributed by atoms with Gasteiger partial charge in [0.2, 0.25) is 17.2 Å². The van der Waals surface area contributed by atoms with Crippen molar-refractivity contribution in [2.45, 2.75) is 53.5 Å². The molecule has 0 aliphatic rings. The van der Waals surface area contributed by atoms with Gasteiger partial charge in [-0.2, -0.15) is 15.0 Å². The van der Waals surface area contributed by atoms with Crippen molar-refractivity contribution in [3.05, 3.63) is 5.28 Å². The third-order valence-electron chi connectivity index (χ3n) is 3.20. The molecule has 0 fully saturated rings. The van der Waals surface area contributed by atoms with Crippen LogP contribution in [-0.4, -0.2) is 34.1 Å². The van der Waals surface area contributed by atoms with E-state index in [0.717, 1.165) is 19.5 Å². The van der Waals surface area contributed by atoms with Gasteiger partial charge in [0.05, 0.1) is 0 Å². The van der Waals surface area contributed by atoms with Gasteiger partial charge in [0.15, 0.2) is 0 Å². The standard InChI is InChI=1S/C14H26ClN5/c1-6-20(7-2)14-18-12(15)17-13(19-14)16-11(5)9-8-10(3)4/h10-11H,6-9H2,1-5H3,(H,16,17,18,19). The maximum atomic E-state index is 5.99. The van der Waals surface area contributed by atoms with Gasteiger partial charge in [-0.15, -0.1) is 0 Å². The molecule has 1 unspecified atom stereocenters. The lowest BCUT2D eigenvalue weighted by Gasteiger charge is -2.20. The molecule has 6 heteroatoms. The molecule has 0 radical (unpaired) electrons. The van der Waals surface area contributed by atoms with E-state index < -0.39 is 0 Å². The second-order valence-corrected chi connectivity index (χ2v) is 5.75. The molecule has 1 rings (SSSR count). The number of hydrogen-bond acceptors (Lipinski definition) is 5. The topological polar surface area (TPSA) is 53.9 Å². The molecule has 1 N–H and O–H groups in total. The van der Waals surface area contributed by atoms with Crippen LogP contribution in [0.3, 0.4) is 0 Å². The Morgan fingerprint density at radius 1 is 1.05 bits per heavy atom. The van der Waals surface area contributed by atoms with Crippen LogP contribution >= 0.6 is 11.6 Å². The van der Waals surface area contributed by atoms with Crippen LogP contribution < -0.4 is 10.2 Å². The first-order chi connectivity index (χ1) is 9.46. The van der Waals surface area contributed by atoms with Gasteiger partial charge in [-0.25, -0.2) is 0 Å². The molecule has 0 saturated heterocycles. The van der Waals surface area contributed by atoms with Gasteiger partial charge in [0, 0.05) is 19.1 Å². The van der Waals surface area contributed by atoms with Crippen molar-refractivity contribution in [1.82, 2.24) is 15.0 Å². The van der Waals surface area contributed by atoms with Crippen molar-refractivity contribution < 1.29 is 0 Å². The highest BCUT2D eigenvalue weighted by Crippen LogP contribution is 2.15. The van der Waals surface area contributed by atoms with Crippen LogP contribution in [0.25, 0.3) is 0 Å². The molecular weight excluding hydrogens is 274 g/mol. The van der Waals surface area contributed by atoms with Crippen LogP contribution in [0, 0.1) is 5.92 Å². The highest BCUT2D eigenvalue weighted by molar-refractivity contribution is 6.28. The summed E-state index contributed by atoms with van der Waals surface area (Å²) < 4.78 is 0. The second kappa shape index (κ2) is 8.25. The molecule has 0 aromatic carbocycles. The zero-order valence-corrected chi connectivity index (χ0v) is 13.9. The van der Waals surface area contributed by atoms with E-state index in [-0.39, 0.29) is 5.28 Å². The van der Waals surface area contributed by atoms with Gasteiger partial charge in [-0.05, 0) is 51.1 Å². The zero-order chi connectivity index (χ0) is 15.1. The van der Waals surface area contributed by atoms with E-state index in [2.05, 4.69) is 59.8 Å². The van der Waals surface area contributed by atoms with Crippen LogP contribution in [0.1, 0.15) is 47.5 Å². The fourth-order valence-corrected chi connectivity index (χ4v) is 2.08. The first-order valence-electron chi connectivity index (χ1n) is 7.39. The normalized spacial score (nSPS) is 12.6. The molecule has 0 spiro atoms. The highest BCUT2D eigenvalue weighted by Gasteiger charge is 2.12. The van der Waals surface area contributed by atoms with E-state index in [0.29, 0.717) is 23.9 Å². The molecule has 0 aliphatic heterocycles. The van der Waals surface area contributed by atoms with Crippen LogP contribution in [0.5, 0.6) is 0 Å². The first-order valence-corrected chi connectivity index (χ1v) is 7.77. The van der Waals surface area contributed by atoms with Crippen LogP contribution in [0.15, 0.2) is 0 Å². The largest absolute Gasteiger partial charge is 0.352 e. The Hall–Kier alpha value is -1.10. The Balaban J connectivity index is 2.75. The Kier molecular flexibility index (Phi) is 6.99. The third kappa shape index (κ3) is 5.49. The molecular formula is C14H26ClN5. The summed E-state index contributed by atoms with van der Waals surface area (Å²) in [6, 6.07) is 0.320. The van der Waals surface area contributed by atoms with Gasteiger partial charge in [0.25, 0.3) is 0 Å². The number of aromatic nitrogens is 3. The van der Waals surface area contributed by atoms with Crippen molar-refractivity contribution in [1.29, 1.82) is 0 Å². The predicted octanol–water partition coefficient (Wildman–Crippen LogP) is 3.61. The van der Waals surface area contributed by atoms with Gasteiger partial charge in [-0.3, -0.25) is 0 Å². The summed E-state index contributed by atoms with van der Waals surface area (Å²) in [5.74, 6) is 1.89. The number of anilines is 2. The highest BCUT2D eigenvalue weighted by atomic mass is 35.5. The Morgan fingerprint density at radius 2 is 1.70 bits per heavy atom. The summed E-state index contributed by atoms with van der Waals surface area (Å²) in [4.78, 5) is 14.8. The van der Waals surface area contributed by atoms with Crippen molar-refractivity contribution in [3.63, 3.8) is 0 Å². The fraction of sp³-hybridized carbons (Fsp3) is 0.786. The Morgan fingerprint density at radius 3 is 2.25 bits per heavy atom. The fourth-order valence-electron chi connectivity index (χ4n) is 1.93. The molecule has 0 bridgehead atoms. The van der Waals surface area contributed by atoms with Crippen molar-refractivity contribution in [2.24, 2.45) is 5.92 Å². The Bertz CT molecular complexity index is 407. The SMILES string of the molecule is CCN(CC)c1nc(Cl)nc(NC(C)CCC(C)C)n1. The summed E-state index contributed by atoms with van der Waals surface area (Å²) in [6.45, 7) is 12.4. The summed E-state index contributed by atoms with van der Waals surface area (Å²) in [6.07, 6.45) is 2.26. The maximum absolute atomic E-state index is 5.99. The first kappa shape index (κ1) is 17.0. The molecule has 1 atom stereocenters. The molecule has 0 amide bonds.